The summed E-state index contributed by atoms with van der Waals surface area (Å²) in [5, 5.41) is 3.83. The van der Waals surface area contributed by atoms with Gasteiger partial charge in [-0.3, -0.25) is 14.6 Å². The van der Waals surface area contributed by atoms with Gasteiger partial charge in [0, 0.05) is 37.1 Å². The molecule has 1 fully saturated rings. The third-order valence-corrected chi connectivity index (χ3v) is 5.00. The molecule has 0 saturated carbocycles. The summed E-state index contributed by atoms with van der Waals surface area (Å²) >= 11 is 0. The van der Waals surface area contributed by atoms with Gasteiger partial charge >= 0.3 is 5.97 Å². The van der Waals surface area contributed by atoms with Crippen LogP contribution < -0.4 is 0 Å². The maximum Gasteiger partial charge on any atom is 0.309 e. The van der Waals surface area contributed by atoms with Crippen LogP contribution in [-0.2, 0) is 16.1 Å². The van der Waals surface area contributed by atoms with Crippen LogP contribution in [0.1, 0.15) is 29.1 Å². The van der Waals surface area contributed by atoms with Gasteiger partial charge in [-0.1, -0.05) is 5.16 Å². The molecular weight excluding hydrogens is 410 g/mol. The molecule has 0 atom stereocenters. The van der Waals surface area contributed by atoms with Gasteiger partial charge in [0.2, 0.25) is 5.82 Å². The zero-order valence-electron chi connectivity index (χ0n) is 16.3. The lowest BCUT2D eigenvalue weighted by atomic mass is 9.96. The fourth-order valence-electron chi connectivity index (χ4n) is 3.33. The van der Waals surface area contributed by atoms with E-state index in [4.69, 9.17) is 9.26 Å². The molecular formula is C21H18F2N4O4. The van der Waals surface area contributed by atoms with Crippen LogP contribution in [0.25, 0.3) is 11.4 Å². The highest BCUT2D eigenvalue weighted by Gasteiger charge is 2.30. The Morgan fingerprint density at radius 1 is 1.19 bits per heavy atom. The third-order valence-electron chi connectivity index (χ3n) is 5.00. The Labute approximate surface area is 175 Å². The molecule has 0 unspecified atom stereocenters. The average molecular weight is 428 g/mol. The third kappa shape index (κ3) is 4.73. The number of carbonyl (C=O) groups is 2. The molecule has 31 heavy (non-hydrogen) atoms. The van der Waals surface area contributed by atoms with Crippen LogP contribution in [-0.4, -0.2) is 45.0 Å². The lowest BCUT2D eigenvalue weighted by Crippen LogP contribution is -2.41. The van der Waals surface area contributed by atoms with Crippen molar-refractivity contribution in [3.63, 3.8) is 0 Å². The van der Waals surface area contributed by atoms with Crippen molar-refractivity contribution in [1.29, 1.82) is 0 Å². The van der Waals surface area contributed by atoms with E-state index in [0.717, 1.165) is 12.1 Å². The molecule has 8 nitrogen and oxygen atoms in total. The minimum atomic E-state index is -0.906. The van der Waals surface area contributed by atoms with E-state index < -0.39 is 29.4 Å². The second kappa shape index (κ2) is 8.99. The fourth-order valence-corrected chi connectivity index (χ4v) is 3.33. The number of piperidine rings is 1. The fraction of sp³-hybridized carbons (Fsp3) is 0.286. The Balaban J connectivity index is 1.28. The molecule has 2 aromatic heterocycles. The molecule has 3 aromatic rings. The van der Waals surface area contributed by atoms with Crippen molar-refractivity contribution in [3.8, 4) is 11.4 Å². The Kier molecular flexibility index (Phi) is 5.96. The predicted octanol–water partition coefficient (Wildman–Crippen LogP) is 3.01. The number of nitrogens with zero attached hydrogens (tertiary/aromatic N) is 4. The number of amides is 1. The molecule has 0 N–H and O–H groups in total. The largest absolute Gasteiger partial charge is 0.455 e. The van der Waals surface area contributed by atoms with Crippen LogP contribution in [0.2, 0.25) is 0 Å². The van der Waals surface area contributed by atoms with Gasteiger partial charge in [-0.15, -0.1) is 0 Å². The van der Waals surface area contributed by atoms with Crippen molar-refractivity contribution >= 4 is 11.9 Å². The number of rotatable bonds is 5. The van der Waals surface area contributed by atoms with E-state index in [2.05, 4.69) is 15.1 Å². The number of likely N-dealkylation sites (tertiary alicyclic amines) is 1. The normalized spacial score (nSPS) is 14.5. The van der Waals surface area contributed by atoms with Gasteiger partial charge in [-0.25, -0.2) is 8.78 Å². The lowest BCUT2D eigenvalue weighted by molar-refractivity contribution is -0.152. The summed E-state index contributed by atoms with van der Waals surface area (Å²) < 4.78 is 37.3. The monoisotopic (exact) mass is 428 g/mol. The summed E-state index contributed by atoms with van der Waals surface area (Å²) in [6.45, 7) is 0.369. The molecule has 3 heterocycles. The summed E-state index contributed by atoms with van der Waals surface area (Å²) in [6, 6.07) is 6.36. The van der Waals surface area contributed by atoms with Crippen molar-refractivity contribution in [1.82, 2.24) is 20.0 Å². The number of hydrogen-bond acceptors (Lipinski definition) is 7. The highest BCUT2D eigenvalue weighted by Crippen LogP contribution is 2.22. The van der Waals surface area contributed by atoms with Crippen molar-refractivity contribution < 1.29 is 27.6 Å². The average Bonchev–Trinajstić information content (AvgIpc) is 3.27. The first-order chi connectivity index (χ1) is 15.0. The summed E-state index contributed by atoms with van der Waals surface area (Å²) in [6.07, 6.45) is 3.96. The number of carbonyl (C=O) groups excluding carboxylic acids is 2. The van der Waals surface area contributed by atoms with Crippen LogP contribution in [0.5, 0.6) is 0 Å². The molecule has 4 rings (SSSR count). The zero-order valence-corrected chi connectivity index (χ0v) is 16.3. The van der Waals surface area contributed by atoms with Crippen LogP contribution in [0, 0.1) is 17.6 Å². The zero-order chi connectivity index (χ0) is 21.8. The number of ether oxygens (including phenoxy) is 1. The smallest absolute Gasteiger partial charge is 0.309 e. The van der Waals surface area contributed by atoms with Crippen LogP contribution in [0.15, 0.2) is 47.2 Å². The molecule has 160 valence electrons. The van der Waals surface area contributed by atoms with E-state index >= 15 is 0 Å². The van der Waals surface area contributed by atoms with Gasteiger partial charge in [0.1, 0.15) is 11.6 Å². The van der Waals surface area contributed by atoms with Crippen molar-refractivity contribution in [2.75, 3.05) is 13.1 Å². The topological polar surface area (TPSA) is 98.4 Å². The molecule has 0 aliphatic carbocycles. The molecule has 0 bridgehead atoms. The van der Waals surface area contributed by atoms with E-state index in [1.807, 2.05) is 0 Å². The predicted molar refractivity (Wildman–Crippen MR) is 102 cm³/mol. The van der Waals surface area contributed by atoms with E-state index in [-0.39, 0.29) is 31.2 Å². The molecule has 1 aliphatic rings. The Morgan fingerprint density at radius 3 is 2.71 bits per heavy atom. The second-order valence-corrected chi connectivity index (χ2v) is 7.05. The number of aromatic nitrogens is 3. The molecule has 0 radical (unpaired) electrons. The minimum absolute atomic E-state index is 0.159. The SMILES string of the molecule is O=C(OCc1nc(-c2cccnc2)no1)C1CCN(C(=O)c2ccc(F)cc2F)CC1. The second-order valence-electron chi connectivity index (χ2n) is 7.05. The molecule has 1 aliphatic heterocycles. The number of benzene rings is 1. The van der Waals surface area contributed by atoms with Gasteiger partial charge in [-0.05, 0) is 37.1 Å². The van der Waals surface area contributed by atoms with Crippen molar-refractivity contribution in [3.05, 3.63) is 65.8 Å². The number of esters is 1. The molecule has 1 aromatic carbocycles. The van der Waals surface area contributed by atoms with Crippen molar-refractivity contribution in [2.45, 2.75) is 19.4 Å². The maximum atomic E-state index is 13.8. The summed E-state index contributed by atoms with van der Waals surface area (Å²) in [5.74, 6) is -2.51. The molecule has 0 spiro atoms. The Bertz CT molecular complexity index is 1080. The quantitative estimate of drug-likeness (QED) is 0.576. The van der Waals surface area contributed by atoms with Gasteiger partial charge in [0.25, 0.3) is 11.8 Å². The van der Waals surface area contributed by atoms with Gasteiger partial charge < -0.3 is 14.2 Å². The van der Waals surface area contributed by atoms with Gasteiger partial charge in [0.15, 0.2) is 6.61 Å². The summed E-state index contributed by atoms with van der Waals surface area (Å²) in [5.41, 5.74) is 0.488. The first kappa shape index (κ1) is 20.6. The summed E-state index contributed by atoms with van der Waals surface area (Å²) in [7, 11) is 0. The Morgan fingerprint density at radius 2 is 2.00 bits per heavy atom. The van der Waals surface area contributed by atoms with Gasteiger partial charge in [-0.2, -0.15) is 4.98 Å². The Hall–Kier alpha value is -3.69. The highest BCUT2D eigenvalue weighted by molar-refractivity contribution is 5.94. The standard InChI is InChI=1S/C21H18F2N4O4/c22-15-3-4-16(17(23)10-15)20(28)27-8-5-13(6-9-27)21(29)30-12-18-25-19(26-31-18)14-2-1-7-24-11-14/h1-4,7,10-11,13H,5-6,8-9,12H2. The van der Waals surface area contributed by atoms with Crippen LogP contribution in [0.3, 0.4) is 0 Å². The minimum Gasteiger partial charge on any atom is -0.455 e. The first-order valence-corrected chi connectivity index (χ1v) is 9.65. The van der Waals surface area contributed by atoms with E-state index in [1.54, 1.807) is 24.5 Å². The molecule has 1 saturated heterocycles. The van der Waals surface area contributed by atoms with E-state index in [0.29, 0.717) is 30.3 Å². The first-order valence-electron chi connectivity index (χ1n) is 9.65. The summed E-state index contributed by atoms with van der Waals surface area (Å²) in [4.78, 5) is 34.4. The molecule has 1 amide bonds. The number of halogens is 2. The number of pyridine rings is 1. The molecule has 10 heteroatoms. The van der Waals surface area contributed by atoms with E-state index in [1.165, 1.54) is 4.90 Å². The highest BCUT2D eigenvalue weighted by atomic mass is 19.1. The maximum absolute atomic E-state index is 13.8. The lowest BCUT2D eigenvalue weighted by Gasteiger charge is -2.31. The van der Waals surface area contributed by atoms with Gasteiger partial charge in [0.05, 0.1) is 11.5 Å². The number of hydrogen-bond donors (Lipinski definition) is 0. The van der Waals surface area contributed by atoms with Crippen LogP contribution in [0.4, 0.5) is 8.78 Å². The van der Waals surface area contributed by atoms with E-state index in [9.17, 15) is 18.4 Å². The van der Waals surface area contributed by atoms with Crippen LogP contribution >= 0.6 is 0 Å². The van der Waals surface area contributed by atoms with Crippen molar-refractivity contribution in [2.24, 2.45) is 5.92 Å².